The molecular formula is C19H20N6O. The van der Waals surface area contributed by atoms with E-state index < -0.39 is 0 Å². The van der Waals surface area contributed by atoms with Gasteiger partial charge in [-0.25, -0.2) is 9.97 Å². The molecule has 0 aliphatic heterocycles. The van der Waals surface area contributed by atoms with Crippen LogP contribution in [0.5, 0.6) is 0 Å². The summed E-state index contributed by atoms with van der Waals surface area (Å²) >= 11 is 0. The lowest BCUT2D eigenvalue weighted by atomic mass is 10.2. The van der Waals surface area contributed by atoms with Crippen molar-refractivity contribution in [2.75, 3.05) is 16.0 Å². The van der Waals surface area contributed by atoms with E-state index in [9.17, 15) is 4.79 Å². The molecule has 0 saturated heterocycles. The Morgan fingerprint density at radius 2 is 1.73 bits per heavy atom. The summed E-state index contributed by atoms with van der Waals surface area (Å²) in [6.45, 7) is 3.91. The largest absolute Gasteiger partial charge is 0.364 e. The van der Waals surface area contributed by atoms with Gasteiger partial charge in [-0.15, -0.1) is 0 Å². The number of nitrogens with zero attached hydrogens (tertiary/aromatic N) is 3. The molecule has 7 heteroatoms. The third-order valence-electron chi connectivity index (χ3n) is 3.49. The predicted molar refractivity (Wildman–Crippen MR) is 102 cm³/mol. The Labute approximate surface area is 151 Å². The Morgan fingerprint density at radius 3 is 2.42 bits per heavy atom. The van der Waals surface area contributed by atoms with E-state index in [1.54, 1.807) is 6.20 Å². The van der Waals surface area contributed by atoms with Crippen LogP contribution in [0.1, 0.15) is 18.4 Å². The van der Waals surface area contributed by atoms with E-state index in [4.69, 9.17) is 0 Å². The maximum Gasteiger partial charge on any atom is 0.221 e. The van der Waals surface area contributed by atoms with Crippen molar-refractivity contribution in [1.29, 1.82) is 0 Å². The second kappa shape index (κ2) is 8.06. The maximum absolute atomic E-state index is 11.1. The Kier molecular flexibility index (Phi) is 5.38. The number of hydrogen-bond acceptors (Lipinski definition) is 6. The topological polar surface area (TPSA) is 91.8 Å². The van der Waals surface area contributed by atoms with Gasteiger partial charge in [0, 0.05) is 30.6 Å². The lowest BCUT2D eigenvalue weighted by Crippen LogP contribution is -2.06. The lowest BCUT2D eigenvalue weighted by Gasteiger charge is -2.11. The molecule has 7 nitrogen and oxygen atoms in total. The Balaban J connectivity index is 1.68. The summed E-state index contributed by atoms with van der Waals surface area (Å²) in [6.07, 6.45) is 1.76. The van der Waals surface area contributed by atoms with E-state index in [-0.39, 0.29) is 5.91 Å². The summed E-state index contributed by atoms with van der Waals surface area (Å²) in [5, 5.41) is 9.24. The van der Waals surface area contributed by atoms with Gasteiger partial charge in [0.1, 0.15) is 17.5 Å². The molecule has 0 radical (unpaired) electrons. The number of pyridine rings is 1. The zero-order valence-electron chi connectivity index (χ0n) is 14.7. The number of benzene rings is 1. The van der Waals surface area contributed by atoms with Crippen LogP contribution in [0.4, 0.5) is 23.0 Å². The van der Waals surface area contributed by atoms with Crippen LogP contribution < -0.4 is 16.0 Å². The molecule has 0 spiro atoms. The lowest BCUT2D eigenvalue weighted by molar-refractivity contribution is -0.114. The minimum absolute atomic E-state index is 0.0965. The fraction of sp³-hybridized carbons (Fsp3) is 0.158. The minimum atomic E-state index is -0.0965. The van der Waals surface area contributed by atoms with Crippen molar-refractivity contribution in [2.45, 2.75) is 20.4 Å². The van der Waals surface area contributed by atoms with E-state index in [0.717, 1.165) is 22.9 Å². The molecule has 3 aromatic rings. The molecule has 2 heterocycles. The third-order valence-corrected chi connectivity index (χ3v) is 3.49. The average molecular weight is 348 g/mol. The monoisotopic (exact) mass is 348 g/mol. The summed E-state index contributed by atoms with van der Waals surface area (Å²) in [4.78, 5) is 24.2. The highest BCUT2D eigenvalue weighted by Gasteiger charge is 2.04. The highest BCUT2D eigenvalue weighted by molar-refractivity contribution is 5.88. The van der Waals surface area contributed by atoms with Crippen molar-refractivity contribution in [1.82, 2.24) is 15.0 Å². The molecule has 1 aromatic carbocycles. The first kappa shape index (κ1) is 17.3. The third kappa shape index (κ3) is 5.01. The molecule has 0 unspecified atom stereocenters. The Bertz CT molecular complexity index is 880. The van der Waals surface area contributed by atoms with Crippen LogP contribution in [0, 0.1) is 6.92 Å². The van der Waals surface area contributed by atoms with Gasteiger partial charge in [0.2, 0.25) is 5.91 Å². The van der Waals surface area contributed by atoms with E-state index in [1.165, 1.54) is 6.92 Å². The molecule has 1 amide bonds. The van der Waals surface area contributed by atoms with E-state index in [2.05, 4.69) is 30.9 Å². The van der Waals surface area contributed by atoms with Crippen molar-refractivity contribution >= 4 is 28.9 Å². The Morgan fingerprint density at radius 1 is 1.00 bits per heavy atom. The van der Waals surface area contributed by atoms with Gasteiger partial charge in [0.15, 0.2) is 0 Å². The van der Waals surface area contributed by atoms with Gasteiger partial charge in [-0.2, -0.15) is 0 Å². The van der Waals surface area contributed by atoms with Crippen molar-refractivity contribution in [3.8, 4) is 0 Å². The van der Waals surface area contributed by atoms with Crippen molar-refractivity contribution in [3.63, 3.8) is 0 Å². The number of aromatic nitrogens is 3. The summed E-state index contributed by atoms with van der Waals surface area (Å²) in [6, 6.07) is 15.1. The molecule has 0 aliphatic rings. The zero-order chi connectivity index (χ0) is 18.4. The SMILES string of the molecule is CC(=O)Nc1ccc(Nc2cc(NCc3ccccn3)nc(C)n2)cc1. The fourth-order valence-corrected chi connectivity index (χ4v) is 2.39. The second-order valence-electron chi connectivity index (χ2n) is 5.74. The number of hydrogen-bond donors (Lipinski definition) is 3. The number of nitrogens with one attached hydrogen (secondary N) is 3. The smallest absolute Gasteiger partial charge is 0.221 e. The van der Waals surface area contributed by atoms with Crippen LogP contribution >= 0.6 is 0 Å². The van der Waals surface area contributed by atoms with Crippen LogP contribution in [0.3, 0.4) is 0 Å². The second-order valence-corrected chi connectivity index (χ2v) is 5.74. The molecular weight excluding hydrogens is 328 g/mol. The molecule has 132 valence electrons. The molecule has 0 fully saturated rings. The molecule has 0 bridgehead atoms. The molecule has 0 atom stereocenters. The van der Waals surface area contributed by atoms with Gasteiger partial charge in [-0.3, -0.25) is 9.78 Å². The first-order chi connectivity index (χ1) is 12.6. The van der Waals surface area contributed by atoms with Crippen LogP contribution in [0.2, 0.25) is 0 Å². The van der Waals surface area contributed by atoms with Crippen LogP contribution in [0.15, 0.2) is 54.7 Å². The summed E-state index contributed by atoms with van der Waals surface area (Å²) in [5.41, 5.74) is 2.55. The molecule has 3 rings (SSSR count). The van der Waals surface area contributed by atoms with Crippen molar-refractivity contribution < 1.29 is 4.79 Å². The number of aryl methyl sites for hydroxylation is 1. The van der Waals surface area contributed by atoms with Gasteiger partial charge in [0.05, 0.1) is 12.2 Å². The number of carbonyl (C=O) groups excluding carboxylic acids is 1. The normalized spacial score (nSPS) is 10.2. The summed E-state index contributed by atoms with van der Waals surface area (Å²) < 4.78 is 0. The molecule has 0 saturated carbocycles. The maximum atomic E-state index is 11.1. The molecule has 0 aliphatic carbocycles. The van der Waals surface area contributed by atoms with Crippen LogP contribution in [-0.4, -0.2) is 20.9 Å². The van der Waals surface area contributed by atoms with Gasteiger partial charge >= 0.3 is 0 Å². The van der Waals surface area contributed by atoms with Crippen molar-refractivity contribution in [3.05, 3.63) is 66.2 Å². The molecule has 26 heavy (non-hydrogen) atoms. The number of anilines is 4. The fourth-order valence-electron chi connectivity index (χ4n) is 2.39. The predicted octanol–water partition coefficient (Wildman–Crippen LogP) is 3.49. The quantitative estimate of drug-likeness (QED) is 0.631. The Hall–Kier alpha value is -3.48. The van der Waals surface area contributed by atoms with E-state index >= 15 is 0 Å². The van der Waals surface area contributed by atoms with Gasteiger partial charge in [0.25, 0.3) is 0 Å². The zero-order valence-corrected chi connectivity index (χ0v) is 14.7. The highest BCUT2D eigenvalue weighted by Crippen LogP contribution is 2.20. The standard InChI is InChI=1S/C19H20N6O/c1-13-22-18(21-12-17-5-3-4-10-20-17)11-19(23-13)25-16-8-6-15(7-9-16)24-14(2)26/h3-11H,12H2,1-2H3,(H,24,26)(H2,21,22,23,25). The average Bonchev–Trinajstić information content (AvgIpc) is 2.62. The molecule has 3 N–H and O–H groups in total. The van der Waals surface area contributed by atoms with E-state index in [1.807, 2.05) is 55.5 Å². The van der Waals surface area contributed by atoms with Crippen molar-refractivity contribution in [2.24, 2.45) is 0 Å². The van der Waals surface area contributed by atoms with Gasteiger partial charge in [-0.05, 0) is 43.3 Å². The number of rotatable bonds is 6. The van der Waals surface area contributed by atoms with Gasteiger partial charge in [-0.1, -0.05) is 6.07 Å². The molecule has 2 aromatic heterocycles. The van der Waals surface area contributed by atoms with E-state index in [0.29, 0.717) is 18.2 Å². The summed E-state index contributed by atoms with van der Waals surface area (Å²) in [5.74, 6) is 1.97. The minimum Gasteiger partial charge on any atom is -0.364 e. The number of amides is 1. The van der Waals surface area contributed by atoms with Crippen LogP contribution in [0.25, 0.3) is 0 Å². The first-order valence-corrected chi connectivity index (χ1v) is 8.22. The number of carbonyl (C=O) groups is 1. The van der Waals surface area contributed by atoms with Gasteiger partial charge < -0.3 is 16.0 Å². The first-order valence-electron chi connectivity index (χ1n) is 8.22. The highest BCUT2D eigenvalue weighted by atomic mass is 16.1. The van der Waals surface area contributed by atoms with Crippen LogP contribution in [-0.2, 0) is 11.3 Å². The summed E-state index contributed by atoms with van der Waals surface area (Å²) in [7, 11) is 0.